The van der Waals surface area contributed by atoms with Crippen LogP contribution in [-0.2, 0) is 22.5 Å². The smallest absolute Gasteiger partial charge is 0.316 e. The number of H-pyrrole nitrogens is 1. The highest BCUT2D eigenvalue weighted by molar-refractivity contribution is 7.99. The van der Waals surface area contributed by atoms with E-state index in [1.807, 2.05) is 24.4 Å². The van der Waals surface area contributed by atoms with Gasteiger partial charge in [-0.15, -0.1) is 0 Å². The number of benzene rings is 1. The Morgan fingerprint density at radius 3 is 2.93 bits per heavy atom. The van der Waals surface area contributed by atoms with Crippen LogP contribution in [0.25, 0.3) is 10.9 Å². The Hall–Kier alpha value is -2.94. The van der Waals surface area contributed by atoms with Gasteiger partial charge < -0.3 is 24.8 Å². The number of nitrogen functional groups attached to an aromatic ring is 1. The fourth-order valence-electron chi connectivity index (χ4n) is 2.89. The second-order valence-corrected chi connectivity index (χ2v) is 6.97. The van der Waals surface area contributed by atoms with Gasteiger partial charge in [0.15, 0.2) is 5.16 Å². The first kappa shape index (κ1) is 19.8. The predicted molar refractivity (Wildman–Crippen MR) is 109 cm³/mol. The number of esters is 1. The molecule has 28 heavy (non-hydrogen) atoms. The standard InChI is InChI=1S/C19H22N4O4S/c1-3-27-18(25)11-28-19-22-17(24)9-16(20)23(19)7-6-12-10-21-15-8-13(26-2)4-5-14(12)15/h4-5,8-10,21H,3,6-7,11,20H2,1-2H3. The van der Waals surface area contributed by atoms with Crippen molar-refractivity contribution in [1.82, 2.24) is 14.5 Å². The number of thioether (sulfide) groups is 1. The van der Waals surface area contributed by atoms with Crippen molar-refractivity contribution in [3.63, 3.8) is 0 Å². The average molecular weight is 402 g/mol. The molecule has 0 bridgehead atoms. The highest BCUT2D eigenvalue weighted by atomic mass is 32.2. The third-order valence-electron chi connectivity index (χ3n) is 4.22. The lowest BCUT2D eigenvalue weighted by atomic mass is 10.1. The number of hydrogen-bond acceptors (Lipinski definition) is 7. The fraction of sp³-hybridized carbons (Fsp3) is 0.316. The molecule has 0 spiro atoms. The van der Waals surface area contributed by atoms with E-state index in [4.69, 9.17) is 15.2 Å². The van der Waals surface area contributed by atoms with Crippen molar-refractivity contribution in [3.8, 4) is 5.75 Å². The van der Waals surface area contributed by atoms with E-state index in [9.17, 15) is 9.59 Å². The summed E-state index contributed by atoms with van der Waals surface area (Å²) in [6, 6.07) is 7.14. The number of aromatic nitrogens is 3. The molecule has 0 saturated heterocycles. The van der Waals surface area contributed by atoms with Gasteiger partial charge in [0, 0.05) is 35.8 Å². The summed E-state index contributed by atoms with van der Waals surface area (Å²) in [7, 11) is 1.63. The molecule has 9 heteroatoms. The van der Waals surface area contributed by atoms with Crippen molar-refractivity contribution < 1.29 is 14.3 Å². The van der Waals surface area contributed by atoms with Crippen molar-refractivity contribution in [3.05, 3.63) is 46.4 Å². The fourth-order valence-corrected chi connectivity index (χ4v) is 3.73. The van der Waals surface area contributed by atoms with Gasteiger partial charge in [-0.1, -0.05) is 11.8 Å². The Kier molecular flexibility index (Phi) is 6.25. The normalized spacial score (nSPS) is 10.9. The van der Waals surface area contributed by atoms with Crippen molar-refractivity contribution in [2.45, 2.75) is 25.0 Å². The number of rotatable bonds is 8. The number of nitrogens with zero attached hydrogens (tertiary/aromatic N) is 2. The van der Waals surface area contributed by atoms with Gasteiger partial charge in [-0.25, -0.2) is 0 Å². The summed E-state index contributed by atoms with van der Waals surface area (Å²) in [5.41, 5.74) is 7.71. The van der Waals surface area contributed by atoms with E-state index in [1.54, 1.807) is 18.6 Å². The van der Waals surface area contributed by atoms with Crippen LogP contribution in [0, 0.1) is 0 Å². The van der Waals surface area contributed by atoms with Crippen LogP contribution in [0.1, 0.15) is 12.5 Å². The second kappa shape index (κ2) is 8.83. The summed E-state index contributed by atoms with van der Waals surface area (Å²) in [5.74, 6) is 0.804. The Morgan fingerprint density at radius 1 is 1.36 bits per heavy atom. The van der Waals surface area contributed by atoms with Crippen LogP contribution in [0.3, 0.4) is 0 Å². The Labute approximate surface area is 166 Å². The molecule has 8 nitrogen and oxygen atoms in total. The first-order valence-electron chi connectivity index (χ1n) is 8.81. The van der Waals surface area contributed by atoms with Crippen molar-refractivity contribution in [2.75, 3.05) is 25.2 Å². The van der Waals surface area contributed by atoms with Gasteiger partial charge in [0.2, 0.25) is 0 Å². The third-order valence-corrected chi connectivity index (χ3v) is 5.17. The summed E-state index contributed by atoms with van der Waals surface area (Å²) in [5, 5.41) is 1.49. The van der Waals surface area contributed by atoms with Gasteiger partial charge in [0.1, 0.15) is 11.6 Å². The molecule has 148 valence electrons. The predicted octanol–water partition coefficient (Wildman–Crippen LogP) is 2.21. The Balaban J connectivity index is 1.80. The molecule has 0 radical (unpaired) electrons. The number of methoxy groups -OCH3 is 1. The van der Waals surface area contributed by atoms with Gasteiger partial charge in [-0.3, -0.25) is 9.59 Å². The molecular formula is C19H22N4O4S. The maximum absolute atomic E-state index is 11.8. The van der Waals surface area contributed by atoms with E-state index >= 15 is 0 Å². The molecule has 2 heterocycles. The average Bonchev–Trinajstić information content (AvgIpc) is 3.07. The topological polar surface area (TPSA) is 112 Å². The Morgan fingerprint density at radius 2 is 2.18 bits per heavy atom. The maximum Gasteiger partial charge on any atom is 0.316 e. The largest absolute Gasteiger partial charge is 0.497 e. The molecule has 3 N–H and O–H groups in total. The molecule has 2 aromatic heterocycles. The van der Waals surface area contributed by atoms with Crippen LogP contribution in [0.5, 0.6) is 5.75 Å². The summed E-state index contributed by atoms with van der Waals surface area (Å²) in [6.45, 7) is 2.57. The number of aryl methyl sites for hydroxylation is 1. The number of hydrogen-bond donors (Lipinski definition) is 2. The monoisotopic (exact) mass is 402 g/mol. The Bertz CT molecular complexity index is 1040. The number of nitrogens with one attached hydrogen (secondary N) is 1. The lowest BCUT2D eigenvalue weighted by Crippen LogP contribution is -2.19. The molecular weight excluding hydrogens is 380 g/mol. The number of anilines is 1. The number of fused-ring (bicyclic) bond motifs is 1. The van der Waals surface area contributed by atoms with Crippen molar-refractivity contribution in [1.29, 1.82) is 0 Å². The molecule has 0 amide bonds. The number of nitrogens with two attached hydrogens (primary N) is 1. The van der Waals surface area contributed by atoms with Gasteiger partial charge in [-0.2, -0.15) is 4.98 Å². The number of ether oxygens (including phenoxy) is 2. The van der Waals surface area contributed by atoms with Crippen LogP contribution in [0.2, 0.25) is 0 Å². The van der Waals surface area contributed by atoms with Gasteiger partial charge >= 0.3 is 5.97 Å². The van der Waals surface area contributed by atoms with Crippen LogP contribution in [-0.4, -0.2) is 40.0 Å². The first-order valence-corrected chi connectivity index (χ1v) is 9.80. The molecule has 1 aromatic carbocycles. The lowest BCUT2D eigenvalue weighted by Gasteiger charge is -2.14. The van der Waals surface area contributed by atoms with E-state index in [0.29, 0.717) is 30.5 Å². The molecule has 0 aliphatic carbocycles. The molecule has 3 aromatic rings. The van der Waals surface area contributed by atoms with Crippen molar-refractivity contribution in [2.24, 2.45) is 0 Å². The molecule has 0 aliphatic heterocycles. The number of carbonyl (C=O) groups is 1. The third kappa shape index (κ3) is 4.48. The number of carbonyl (C=O) groups excluding carboxylic acids is 1. The molecule has 0 atom stereocenters. The zero-order chi connectivity index (χ0) is 20.1. The quantitative estimate of drug-likeness (QED) is 0.337. The van der Waals surface area contributed by atoms with Crippen LogP contribution < -0.4 is 16.0 Å². The zero-order valence-corrected chi connectivity index (χ0v) is 16.5. The SMILES string of the molecule is CCOC(=O)CSc1nc(=O)cc(N)n1CCc1c[nH]c2cc(OC)ccc12. The minimum absolute atomic E-state index is 0.0661. The van der Waals surface area contributed by atoms with E-state index in [0.717, 1.165) is 34.0 Å². The van der Waals surface area contributed by atoms with Crippen LogP contribution in [0.4, 0.5) is 5.82 Å². The molecule has 0 saturated carbocycles. The molecule has 0 aliphatic rings. The van der Waals surface area contributed by atoms with Gasteiger partial charge in [-0.05, 0) is 31.0 Å². The zero-order valence-electron chi connectivity index (χ0n) is 15.7. The van der Waals surface area contributed by atoms with E-state index in [2.05, 4.69) is 9.97 Å². The second-order valence-electron chi connectivity index (χ2n) is 6.02. The summed E-state index contributed by atoms with van der Waals surface area (Å²) < 4.78 is 11.9. The first-order chi connectivity index (χ1) is 13.5. The number of aromatic amines is 1. The van der Waals surface area contributed by atoms with E-state index in [1.165, 1.54) is 6.07 Å². The summed E-state index contributed by atoms with van der Waals surface area (Å²) >= 11 is 1.14. The summed E-state index contributed by atoms with van der Waals surface area (Å²) in [6.07, 6.45) is 2.62. The molecule has 0 fully saturated rings. The minimum Gasteiger partial charge on any atom is -0.497 e. The van der Waals surface area contributed by atoms with Gasteiger partial charge in [0.25, 0.3) is 5.56 Å². The maximum atomic E-state index is 11.8. The van der Waals surface area contributed by atoms with Crippen LogP contribution in [0.15, 0.2) is 40.4 Å². The minimum atomic E-state index is -0.431. The van der Waals surface area contributed by atoms with E-state index < -0.39 is 5.56 Å². The summed E-state index contributed by atoms with van der Waals surface area (Å²) in [4.78, 5) is 30.6. The molecule has 3 rings (SSSR count). The van der Waals surface area contributed by atoms with Crippen LogP contribution >= 0.6 is 11.8 Å². The molecule has 0 unspecified atom stereocenters. The highest BCUT2D eigenvalue weighted by Crippen LogP contribution is 2.25. The highest BCUT2D eigenvalue weighted by Gasteiger charge is 2.13. The lowest BCUT2D eigenvalue weighted by molar-refractivity contribution is -0.139. The van der Waals surface area contributed by atoms with Gasteiger partial charge in [0.05, 0.1) is 19.5 Å². The van der Waals surface area contributed by atoms with E-state index in [-0.39, 0.29) is 11.7 Å². The van der Waals surface area contributed by atoms with Crippen molar-refractivity contribution >= 4 is 34.5 Å².